The minimum atomic E-state index is -0.564. The lowest BCUT2D eigenvalue weighted by molar-refractivity contribution is -0.125. The minimum absolute atomic E-state index is 0.123. The Bertz CT molecular complexity index is 264. The molecule has 1 aliphatic heterocycles. The molecule has 2 N–H and O–H groups in total. The molecule has 72 valence electrons. The summed E-state index contributed by atoms with van der Waals surface area (Å²) in [5.41, 5.74) is -0.564. The third-order valence-electron chi connectivity index (χ3n) is 3.28. The van der Waals surface area contributed by atoms with Gasteiger partial charge in [0.05, 0.1) is 0 Å². The topological polar surface area (TPSA) is 58.2 Å². The van der Waals surface area contributed by atoms with Crippen LogP contribution < -0.4 is 10.6 Å². The Balaban J connectivity index is 2.28. The molecule has 0 aromatic heterocycles. The molecule has 0 aromatic rings. The third kappa shape index (κ3) is 1.04. The van der Waals surface area contributed by atoms with Gasteiger partial charge in [-0.2, -0.15) is 0 Å². The Morgan fingerprint density at radius 1 is 1.54 bits per heavy atom. The summed E-state index contributed by atoms with van der Waals surface area (Å²) < 4.78 is 0. The number of carbonyl (C=O) groups excluding carboxylic acids is 2. The lowest BCUT2D eigenvalue weighted by Crippen LogP contribution is -2.49. The summed E-state index contributed by atoms with van der Waals surface area (Å²) in [5.74, 6) is 0.195. The van der Waals surface area contributed by atoms with Gasteiger partial charge in [0.2, 0.25) is 0 Å². The zero-order valence-electron chi connectivity index (χ0n) is 7.72. The smallest absolute Gasteiger partial charge is 0.322 e. The first-order valence-corrected chi connectivity index (χ1v) is 4.82. The molecule has 1 aliphatic carbocycles. The van der Waals surface area contributed by atoms with Crippen LogP contribution in [0.1, 0.15) is 32.6 Å². The third-order valence-corrected chi connectivity index (χ3v) is 3.28. The summed E-state index contributed by atoms with van der Waals surface area (Å²) in [7, 11) is 0. The van der Waals surface area contributed by atoms with Gasteiger partial charge in [0.15, 0.2) is 0 Å². The lowest BCUT2D eigenvalue weighted by atomic mass is 9.85. The van der Waals surface area contributed by atoms with Crippen molar-refractivity contribution in [2.45, 2.75) is 38.1 Å². The first-order chi connectivity index (χ1) is 6.19. The highest BCUT2D eigenvalue weighted by atomic mass is 16.2. The molecule has 2 atom stereocenters. The highest BCUT2D eigenvalue weighted by molar-refractivity contribution is 6.07. The number of imide groups is 1. The largest absolute Gasteiger partial charge is 0.323 e. The van der Waals surface area contributed by atoms with Crippen LogP contribution in [-0.2, 0) is 4.79 Å². The molecule has 4 heteroatoms. The van der Waals surface area contributed by atoms with Crippen LogP contribution in [-0.4, -0.2) is 17.5 Å². The maximum absolute atomic E-state index is 11.6. The van der Waals surface area contributed by atoms with Crippen molar-refractivity contribution in [3.8, 4) is 0 Å². The van der Waals surface area contributed by atoms with Gasteiger partial charge in [0.1, 0.15) is 5.54 Å². The van der Waals surface area contributed by atoms with Gasteiger partial charge in [0.25, 0.3) is 5.91 Å². The van der Waals surface area contributed by atoms with Crippen LogP contribution in [0.4, 0.5) is 4.79 Å². The van der Waals surface area contributed by atoms with Crippen LogP contribution in [0.25, 0.3) is 0 Å². The maximum atomic E-state index is 11.6. The molecule has 4 nitrogen and oxygen atoms in total. The number of urea groups is 1. The van der Waals surface area contributed by atoms with Gasteiger partial charge in [-0.1, -0.05) is 19.8 Å². The molecule has 2 rings (SSSR count). The number of nitrogens with one attached hydrogen (secondary N) is 2. The van der Waals surface area contributed by atoms with E-state index in [-0.39, 0.29) is 11.9 Å². The Labute approximate surface area is 77.1 Å². The van der Waals surface area contributed by atoms with Gasteiger partial charge >= 0.3 is 6.03 Å². The Kier molecular flexibility index (Phi) is 1.78. The van der Waals surface area contributed by atoms with E-state index in [1.165, 1.54) is 0 Å². The summed E-state index contributed by atoms with van der Waals surface area (Å²) in [4.78, 5) is 22.6. The average molecular weight is 182 g/mol. The number of hydrogen-bond donors (Lipinski definition) is 2. The number of rotatable bonds is 1. The standard InChI is InChI=1S/C9H14N2O2/c1-2-6-4-3-5-9(6)7(12)10-8(13)11-9/h6H,2-5H2,1H3,(H2,10,11,12,13)/t6-,9+/m1/s1. The van der Waals surface area contributed by atoms with Gasteiger partial charge in [-0.15, -0.1) is 0 Å². The fourth-order valence-electron chi connectivity index (χ4n) is 2.60. The second kappa shape index (κ2) is 2.72. The second-order valence-corrected chi connectivity index (χ2v) is 3.88. The van der Waals surface area contributed by atoms with Crippen molar-refractivity contribution in [1.82, 2.24) is 10.6 Å². The van der Waals surface area contributed by atoms with E-state index in [0.717, 1.165) is 25.7 Å². The van der Waals surface area contributed by atoms with Crippen LogP contribution >= 0.6 is 0 Å². The van der Waals surface area contributed by atoms with Gasteiger partial charge in [-0.05, 0) is 18.8 Å². The van der Waals surface area contributed by atoms with Crippen molar-refractivity contribution in [3.63, 3.8) is 0 Å². The Morgan fingerprint density at radius 3 is 2.85 bits per heavy atom. The monoisotopic (exact) mass is 182 g/mol. The summed E-state index contributed by atoms with van der Waals surface area (Å²) in [6.07, 6.45) is 3.83. The van der Waals surface area contributed by atoms with E-state index in [4.69, 9.17) is 0 Å². The second-order valence-electron chi connectivity index (χ2n) is 3.88. The minimum Gasteiger partial charge on any atom is -0.323 e. The lowest BCUT2D eigenvalue weighted by Gasteiger charge is -2.26. The molecule has 3 amide bonds. The van der Waals surface area contributed by atoms with E-state index >= 15 is 0 Å². The average Bonchev–Trinajstić information content (AvgIpc) is 2.59. The number of hydrogen-bond acceptors (Lipinski definition) is 2. The van der Waals surface area contributed by atoms with Gasteiger partial charge in [-0.3, -0.25) is 10.1 Å². The summed E-state index contributed by atoms with van der Waals surface area (Å²) in [6.45, 7) is 2.06. The molecular formula is C9H14N2O2. The van der Waals surface area contributed by atoms with E-state index < -0.39 is 5.54 Å². The van der Waals surface area contributed by atoms with Crippen molar-refractivity contribution in [3.05, 3.63) is 0 Å². The quantitative estimate of drug-likeness (QED) is 0.588. The van der Waals surface area contributed by atoms with Gasteiger partial charge < -0.3 is 5.32 Å². The zero-order valence-corrected chi connectivity index (χ0v) is 7.72. The van der Waals surface area contributed by atoms with Crippen LogP contribution in [0.2, 0.25) is 0 Å². The number of amides is 3. The molecule has 0 aromatic carbocycles. The van der Waals surface area contributed by atoms with E-state index in [2.05, 4.69) is 17.6 Å². The molecule has 13 heavy (non-hydrogen) atoms. The molecule has 1 saturated carbocycles. The summed E-state index contributed by atoms with van der Waals surface area (Å²) in [5, 5.41) is 5.11. The molecular weight excluding hydrogens is 168 g/mol. The first kappa shape index (κ1) is 8.53. The van der Waals surface area contributed by atoms with E-state index in [0.29, 0.717) is 5.92 Å². The molecule has 1 spiro atoms. The van der Waals surface area contributed by atoms with Crippen LogP contribution in [0, 0.1) is 5.92 Å². The van der Waals surface area contributed by atoms with Crippen molar-refractivity contribution < 1.29 is 9.59 Å². The predicted octanol–water partition coefficient (Wildman–Crippen LogP) is 0.775. The summed E-state index contributed by atoms with van der Waals surface area (Å²) in [6, 6.07) is -0.328. The van der Waals surface area contributed by atoms with E-state index in [1.807, 2.05) is 0 Å². The molecule has 1 heterocycles. The highest BCUT2D eigenvalue weighted by Crippen LogP contribution is 2.39. The SMILES string of the molecule is CC[C@@H]1CCC[C@]12NC(=O)NC2=O. The van der Waals surface area contributed by atoms with Crippen LogP contribution in [0.5, 0.6) is 0 Å². The molecule has 2 fully saturated rings. The zero-order chi connectivity index (χ0) is 9.47. The van der Waals surface area contributed by atoms with E-state index in [9.17, 15) is 9.59 Å². The van der Waals surface area contributed by atoms with Gasteiger partial charge in [-0.25, -0.2) is 4.79 Å². The molecule has 1 saturated heterocycles. The predicted molar refractivity (Wildman–Crippen MR) is 47.0 cm³/mol. The maximum Gasteiger partial charge on any atom is 0.322 e. The first-order valence-electron chi connectivity index (χ1n) is 4.82. The molecule has 0 radical (unpaired) electrons. The normalized spacial score (nSPS) is 38.1. The Hall–Kier alpha value is -1.06. The van der Waals surface area contributed by atoms with Crippen LogP contribution in [0.3, 0.4) is 0 Å². The van der Waals surface area contributed by atoms with Gasteiger partial charge in [0, 0.05) is 0 Å². The van der Waals surface area contributed by atoms with Crippen LogP contribution in [0.15, 0.2) is 0 Å². The van der Waals surface area contributed by atoms with Crippen molar-refractivity contribution in [2.75, 3.05) is 0 Å². The Morgan fingerprint density at radius 2 is 2.31 bits per heavy atom. The van der Waals surface area contributed by atoms with Crippen molar-refractivity contribution >= 4 is 11.9 Å². The fraction of sp³-hybridized carbons (Fsp3) is 0.778. The molecule has 2 aliphatic rings. The highest BCUT2D eigenvalue weighted by Gasteiger charge is 2.53. The summed E-state index contributed by atoms with van der Waals surface area (Å²) >= 11 is 0. The number of carbonyl (C=O) groups is 2. The van der Waals surface area contributed by atoms with Crippen molar-refractivity contribution in [2.24, 2.45) is 5.92 Å². The molecule has 0 bridgehead atoms. The van der Waals surface area contributed by atoms with Crippen molar-refractivity contribution in [1.29, 1.82) is 0 Å². The van der Waals surface area contributed by atoms with E-state index in [1.54, 1.807) is 0 Å². The fourth-order valence-corrected chi connectivity index (χ4v) is 2.60. The molecule has 0 unspecified atom stereocenters.